The molecule has 1 rings (SSSR count). The molecule has 1 N–H and O–H groups in total. The van der Waals surface area contributed by atoms with Crippen LogP contribution < -0.4 is 0 Å². The molecule has 0 saturated carbocycles. The van der Waals surface area contributed by atoms with Crippen molar-refractivity contribution in [2.75, 3.05) is 0 Å². The average molecular weight is 222 g/mol. The lowest BCUT2D eigenvalue weighted by atomic mass is 10.0. The summed E-state index contributed by atoms with van der Waals surface area (Å²) in [4.78, 5) is 0. The molecule has 0 amide bonds. The molecule has 16 heavy (non-hydrogen) atoms. The molecule has 1 atom stereocenters. The molecule has 0 aliphatic rings. The van der Waals surface area contributed by atoms with E-state index in [1.165, 1.54) is 6.07 Å². The van der Waals surface area contributed by atoms with E-state index in [1.54, 1.807) is 13.0 Å². The summed E-state index contributed by atoms with van der Waals surface area (Å²) >= 11 is 0. The molecule has 2 heteroatoms. The molecular weight excluding hydrogens is 203 g/mol. The van der Waals surface area contributed by atoms with Crippen molar-refractivity contribution in [1.82, 2.24) is 0 Å². The standard InChI is InChI=1S/C14H19FO/c1-3-4-5-13(16)8-6-12-7-9-14(15)11(2)10-12/h3,7,9-10,13,16H,1,4-6,8H2,2H3. The minimum absolute atomic E-state index is 0.170. The van der Waals surface area contributed by atoms with Gasteiger partial charge in [-0.3, -0.25) is 0 Å². The van der Waals surface area contributed by atoms with Gasteiger partial charge < -0.3 is 5.11 Å². The van der Waals surface area contributed by atoms with Crippen LogP contribution in [0.4, 0.5) is 4.39 Å². The van der Waals surface area contributed by atoms with Crippen molar-refractivity contribution in [3.63, 3.8) is 0 Å². The molecule has 0 fully saturated rings. The Bertz CT molecular complexity index is 347. The second-order valence-corrected chi connectivity index (χ2v) is 4.14. The fourth-order valence-electron chi connectivity index (χ4n) is 1.65. The molecule has 0 aliphatic carbocycles. The summed E-state index contributed by atoms with van der Waals surface area (Å²) < 4.78 is 13.0. The summed E-state index contributed by atoms with van der Waals surface area (Å²) in [6.07, 6.45) is 4.63. The second-order valence-electron chi connectivity index (χ2n) is 4.14. The molecule has 0 aromatic heterocycles. The van der Waals surface area contributed by atoms with Gasteiger partial charge in [-0.1, -0.05) is 18.2 Å². The summed E-state index contributed by atoms with van der Waals surface area (Å²) in [6.45, 7) is 5.38. The van der Waals surface area contributed by atoms with Gasteiger partial charge in [0.1, 0.15) is 5.82 Å². The number of allylic oxidation sites excluding steroid dienone is 1. The number of halogens is 1. The Labute approximate surface area is 96.6 Å². The van der Waals surface area contributed by atoms with Gasteiger partial charge in [-0.05, 0) is 49.8 Å². The molecule has 0 saturated heterocycles. The quantitative estimate of drug-likeness (QED) is 0.731. The Morgan fingerprint density at radius 3 is 2.81 bits per heavy atom. The molecular formula is C14H19FO. The van der Waals surface area contributed by atoms with Gasteiger partial charge in [0, 0.05) is 0 Å². The van der Waals surface area contributed by atoms with Crippen molar-refractivity contribution < 1.29 is 9.50 Å². The molecule has 88 valence electrons. The molecule has 1 aromatic carbocycles. The summed E-state index contributed by atoms with van der Waals surface area (Å²) in [5, 5.41) is 9.64. The highest BCUT2D eigenvalue weighted by Crippen LogP contribution is 2.13. The molecule has 1 aromatic rings. The molecule has 0 aliphatic heterocycles. The predicted molar refractivity (Wildman–Crippen MR) is 64.9 cm³/mol. The van der Waals surface area contributed by atoms with Crippen LogP contribution in [0.2, 0.25) is 0 Å². The van der Waals surface area contributed by atoms with Crippen molar-refractivity contribution in [1.29, 1.82) is 0 Å². The molecule has 0 heterocycles. The lowest BCUT2D eigenvalue weighted by Gasteiger charge is -2.09. The van der Waals surface area contributed by atoms with E-state index < -0.39 is 0 Å². The third-order valence-corrected chi connectivity index (χ3v) is 2.69. The lowest BCUT2D eigenvalue weighted by molar-refractivity contribution is 0.156. The van der Waals surface area contributed by atoms with E-state index in [0.29, 0.717) is 5.56 Å². The zero-order valence-corrected chi connectivity index (χ0v) is 9.75. The first-order valence-electron chi connectivity index (χ1n) is 5.67. The summed E-state index contributed by atoms with van der Waals surface area (Å²) in [6, 6.07) is 5.11. The Hall–Kier alpha value is -1.15. The molecule has 0 radical (unpaired) electrons. The minimum atomic E-state index is -0.289. The highest BCUT2D eigenvalue weighted by molar-refractivity contribution is 5.23. The van der Waals surface area contributed by atoms with Crippen LogP contribution in [0.1, 0.15) is 30.4 Å². The number of rotatable bonds is 6. The van der Waals surface area contributed by atoms with Gasteiger partial charge in [0.05, 0.1) is 6.10 Å². The number of hydrogen-bond donors (Lipinski definition) is 1. The van der Waals surface area contributed by atoms with Crippen molar-refractivity contribution in [2.45, 2.75) is 38.7 Å². The van der Waals surface area contributed by atoms with Gasteiger partial charge in [0.15, 0.2) is 0 Å². The van der Waals surface area contributed by atoms with Crippen LogP contribution in [0.15, 0.2) is 30.9 Å². The maximum Gasteiger partial charge on any atom is 0.126 e. The van der Waals surface area contributed by atoms with Crippen LogP contribution in [0.25, 0.3) is 0 Å². The normalized spacial score (nSPS) is 12.4. The monoisotopic (exact) mass is 222 g/mol. The van der Waals surface area contributed by atoms with Gasteiger partial charge in [-0.25, -0.2) is 4.39 Å². The number of aliphatic hydroxyl groups is 1. The van der Waals surface area contributed by atoms with Crippen molar-refractivity contribution in [3.8, 4) is 0 Å². The zero-order chi connectivity index (χ0) is 12.0. The van der Waals surface area contributed by atoms with Crippen LogP contribution in [0.3, 0.4) is 0 Å². The number of aliphatic hydroxyl groups excluding tert-OH is 1. The van der Waals surface area contributed by atoms with Crippen LogP contribution in [0.5, 0.6) is 0 Å². The van der Waals surface area contributed by atoms with Gasteiger partial charge in [-0.2, -0.15) is 0 Å². The average Bonchev–Trinajstić information content (AvgIpc) is 2.28. The van der Waals surface area contributed by atoms with E-state index in [2.05, 4.69) is 6.58 Å². The van der Waals surface area contributed by atoms with Crippen LogP contribution in [-0.4, -0.2) is 11.2 Å². The van der Waals surface area contributed by atoms with Gasteiger partial charge in [-0.15, -0.1) is 6.58 Å². The van der Waals surface area contributed by atoms with Crippen molar-refractivity contribution in [3.05, 3.63) is 47.8 Å². The van der Waals surface area contributed by atoms with E-state index in [4.69, 9.17) is 0 Å². The van der Waals surface area contributed by atoms with Crippen LogP contribution in [-0.2, 0) is 6.42 Å². The second kappa shape index (κ2) is 6.44. The first kappa shape index (κ1) is 12.9. The van der Waals surface area contributed by atoms with E-state index in [9.17, 15) is 9.50 Å². The summed E-state index contributed by atoms with van der Waals surface area (Å²) in [5.74, 6) is -0.170. The highest BCUT2D eigenvalue weighted by Gasteiger charge is 2.04. The minimum Gasteiger partial charge on any atom is -0.393 e. The largest absolute Gasteiger partial charge is 0.393 e. The number of hydrogen-bond acceptors (Lipinski definition) is 1. The van der Waals surface area contributed by atoms with E-state index in [0.717, 1.165) is 31.2 Å². The van der Waals surface area contributed by atoms with Crippen LogP contribution in [0, 0.1) is 12.7 Å². The third kappa shape index (κ3) is 4.15. The Balaban J connectivity index is 2.42. The zero-order valence-electron chi connectivity index (χ0n) is 9.75. The van der Waals surface area contributed by atoms with Crippen molar-refractivity contribution in [2.24, 2.45) is 0 Å². The van der Waals surface area contributed by atoms with Crippen molar-refractivity contribution >= 4 is 0 Å². The molecule has 0 spiro atoms. The molecule has 1 unspecified atom stereocenters. The van der Waals surface area contributed by atoms with Crippen LogP contribution >= 0.6 is 0 Å². The summed E-state index contributed by atoms with van der Waals surface area (Å²) in [7, 11) is 0. The van der Waals surface area contributed by atoms with Gasteiger partial charge >= 0.3 is 0 Å². The molecule has 1 nitrogen and oxygen atoms in total. The fraction of sp³-hybridized carbons (Fsp3) is 0.429. The summed E-state index contributed by atoms with van der Waals surface area (Å²) in [5.41, 5.74) is 1.75. The number of benzene rings is 1. The van der Waals surface area contributed by atoms with E-state index in [-0.39, 0.29) is 11.9 Å². The number of aryl methyl sites for hydroxylation is 2. The van der Waals surface area contributed by atoms with E-state index >= 15 is 0 Å². The topological polar surface area (TPSA) is 20.2 Å². The lowest BCUT2D eigenvalue weighted by Crippen LogP contribution is -2.07. The van der Waals surface area contributed by atoms with Gasteiger partial charge in [0.25, 0.3) is 0 Å². The Morgan fingerprint density at radius 1 is 1.44 bits per heavy atom. The highest BCUT2D eigenvalue weighted by atomic mass is 19.1. The maximum absolute atomic E-state index is 13.0. The predicted octanol–water partition coefficient (Wildman–Crippen LogP) is 3.39. The Kier molecular flexibility index (Phi) is 5.20. The third-order valence-electron chi connectivity index (χ3n) is 2.69. The molecule has 0 bridgehead atoms. The maximum atomic E-state index is 13.0. The Morgan fingerprint density at radius 2 is 2.19 bits per heavy atom. The van der Waals surface area contributed by atoms with E-state index in [1.807, 2.05) is 12.1 Å². The fourth-order valence-corrected chi connectivity index (χ4v) is 1.65. The first-order chi connectivity index (χ1) is 7.63. The first-order valence-corrected chi connectivity index (χ1v) is 5.67. The smallest absolute Gasteiger partial charge is 0.126 e. The van der Waals surface area contributed by atoms with Gasteiger partial charge in [0.2, 0.25) is 0 Å². The SMILES string of the molecule is C=CCCC(O)CCc1ccc(F)c(C)c1.